The molecule has 1 atom stereocenters. The molecule has 1 aromatic carbocycles. The van der Waals surface area contributed by atoms with Gasteiger partial charge >= 0.3 is 0 Å². The van der Waals surface area contributed by atoms with E-state index in [2.05, 4.69) is 15.9 Å². The average molecular weight is 358 g/mol. The van der Waals surface area contributed by atoms with Gasteiger partial charge in [-0.25, -0.2) is 0 Å². The topological polar surface area (TPSA) is 29.5 Å². The summed E-state index contributed by atoms with van der Waals surface area (Å²) in [5.41, 5.74) is 1.79. The van der Waals surface area contributed by atoms with Crippen LogP contribution in [0.1, 0.15) is 22.3 Å². The third kappa shape index (κ3) is 3.57. The maximum Gasteiger partial charge on any atom is 0.254 e. The molecule has 0 spiro atoms. The van der Waals surface area contributed by atoms with E-state index in [0.717, 1.165) is 33.5 Å². The fraction of sp³-hybridized carbons (Fsp3) is 0.533. The first-order valence-electron chi connectivity index (χ1n) is 6.78. The Morgan fingerprint density at radius 2 is 2.35 bits per heavy atom. The summed E-state index contributed by atoms with van der Waals surface area (Å²) in [5, 5.41) is 0. The molecule has 20 heavy (non-hydrogen) atoms. The van der Waals surface area contributed by atoms with Crippen LogP contribution in [-0.4, -0.2) is 48.6 Å². The highest BCUT2D eigenvalue weighted by Gasteiger charge is 2.28. The van der Waals surface area contributed by atoms with Gasteiger partial charge in [-0.2, -0.15) is 11.8 Å². The van der Waals surface area contributed by atoms with Crippen LogP contribution in [0.3, 0.4) is 0 Å². The monoisotopic (exact) mass is 357 g/mol. The van der Waals surface area contributed by atoms with Gasteiger partial charge in [-0.3, -0.25) is 4.79 Å². The number of benzene rings is 1. The molecule has 1 heterocycles. The van der Waals surface area contributed by atoms with Crippen molar-refractivity contribution in [2.45, 2.75) is 19.4 Å². The van der Waals surface area contributed by atoms with Gasteiger partial charge in [0.15, 0.2) is 0 Å². The lowest BCUT2D eigenvalue weighted by molar-refractivity contribution is 0.0624. The van der Waals surface area contributed by atoms with Gasteiger partial charge in [0.05, 0.1) is 6.61 Å². The average Bonchev–Trinajstić information content (AvgIpc) is 2.96. The Labute approximate surface area is 133 Å². The summed E-state index contributed by atoms with van der Waals surface area (Å²) in [6, 6.07) is 6.13. The molecule has 1 amide bonds. The molecule has 1 unspecified atom stereocenters. The minimum Gasteiger partial charge on any atom is -0.383 e. The van der Waals surface area contributed by atoms with Crippen LogP contribution in [0.25, 0.3) is 0 Å². The number of nitrogens with zero attached hydrogens (tertiary/aromatic N) is 1. The number of halogens is 1. The van der Waals surface area contributed by atoms with Crippen LogP contribution in [0.5, 0.6) is 0 Å². The number of carbonyl (C=O) groups is 1. The van der Waals surface area contributed by atoms with Gasteiger partial charge in [0.25, 0.3) is 5.91 Å². The maximum atomic E-state index is 12.9. The zero-order chi connectivity index (χ0) is 14.5. The highest BCUT2D eigenvalue weighted by molar-refractivity contribution is 9.10. The predicted octanol–water partition coefficient (Wildman–Crippen LogP) is 3.35. The van der Waals surface area contributed by atoms with Crippen molar-refractivity contribution in [3.8, 4) is 0 Å². The van der Waals surface area contributed by atoms with E-state index < -0.39 is 0 Å². The van der Waals surface area contributed by atoms with E-state index in [0.29, 0.717) is 19.2 Å². The number of hydrogen-bond acceptors (Lipinski definition) is 3. The maximum absolute atomic E-state index is 12.9. The summed E-state index contributed by atoms with van der Waals surface area (Å²) < 4.78 is 6.14. The van der Waals surface area contributed by atoms with Gasteiger partial charge in [-0.1, -0.05) is 22.0 Å². The molecular weight excluding hydrogens is 338 g/mol. The second kappa shape index (κ2) is 7.48. The van der Waals surface area contributed by atoms with Crippen LogP contribution in [-0.2, 0) is 4.74 Å². The molecule has 1 aliphatic rings. The van der Waals surface area contributed by atoms with E-state index >= 15 is 0 Å². The van der Waals surface area contributed by atoms with Crippen LogP contribution in [0.4, 0.5) is 0 Å². The first-order valence-corrected chi connectivity index (χ1v) is 8.72. The highest BCUT2D eigenvalue weighted by atomic mass is 79.9. The molecular formula is C15H20BrNO2S. The lowest BCUT2D eigenvalue weighted by atomic mass is 10.1. The number of ether oxygens (including phenoxy) is 1. The van der Waals surface area contributed by atoms with E-state index in [1.54, 1.807) is 7.11 Å². The van der Waals surface area contributed by atoms with E-state index in [-0.39, 0.29) is 5.91 Å². The summed E-state index contributed by atoms with van der Waals surface area (Å²) >= 11 is 5.42. The summed E-state index contributed by atoms with van der Waals surface area (Å²) in [4.78, 5) is 14.8. The molecule has 0 aliphatic carbocycles. The Kier molecular flexibility index (Phi) is 5.93. The van der Waals surface area contributed by atoms with E-state index in [4.69, 9.17) is 4.74 Å². The van der Waals surface area contributed by atoms with Gasteiger partial charge < -0.3 is 9.64 Å². The highest BCUT2D eigenvalue weighted by Crippen LogP contribution is 2.26. The first-order chi connectivity index (χ1) is 9.65. The largest absolute Gasteiger partial charge is 0.383 e. The standard InChI is InChI=1S/C15H20BrNO2S/c1-11-13(4-3-5-14(11)16)15(18)17(7-8-19-2)12-6-9-20-10-12/h3-5,12H,6-10H2,1-2H3. The zero-order valence-electron chi connectivity index (χ0n) is 11.9. The van der Waals surface area contributed by atoms with Crippen molar-refractivity contribution >= 4 is 33.6 Å². The molecule has 0 radical (unpaired) electrons. The molecule has 1 saturated heterocycles. The number of rotatable bonds is 5. The number of hydrogen-bond donors (Lipinski definition) is 0. The second-order valence-electron chi connectivity index (χ2n) is 4.92. The van der Waals surface area contributed by atoms with Crippen molar-refractivity contribution in [2.24, 2.45) is 0 Å². The lowest BCUT2D eigenvalue weighted by Crippen LogP contribution is -2.42. The smallest absolute Gasteiger partial charge is 0.254 e. The summed E-state index contributed by atoms with van der Waals surface area (Å²) in [7, 11) is 1.68. The first kappa shape index (κ1) is 15.9. The third-order valence-electron chi connectivity index (χ3n) is 3.64. The Hall–Kier alpha value is -0.520. The minimum absolute atomic E-state index is 0.119. The number of thioether (sulfide) groups is 1. The van der Waals surface area contributed by atoms with Crippen molar-refractivity contribution in [3.63, 3.8) is 0 Å². The number of methoxy groups -OCH3 is 1. The van der Waals surface area contributed by atoms with E-state index in [1.807, 2.05) is 41.8 Å². The van der Waals surface area contributed by atoms with Gasteiger partial charge in [0, 0.05) is 35.5 Å². The molecule has 0 aromatic heterocycles. The fourth-order valence-corrected chi connectivity index (χ4v) is 3.99. The molecule has 1 fully saturated rings. The zero-order valence-corrected chi connectivity index (χ0v) is 14.3. The number of amides is 1. The van der Waals surface area contributed by atoms with Crippen LogP contribution in [0, 0.1) is 6.92 Å². The number of carbonyl (C=O) groups excluding carboxylic acids is 1. The molecule has 0 saturated carbocycles. The van der Waals surface area contributed by atoms with Crippen molar-refractivity contribution in [1.82, 2.24) is 4.90 Å². The quantitative estimate of drug-likeness (QED) is 0.809. The van der Waals surface area contributed by atoms with Crippen LogP contribution >= 0.6 is 27.7 Å². The van der Waals surface area contributed by atoms with Crippen molar-refractivity contribution in [2.75, 3.05) is 31.8 Å². The second-order valence-corrected chi connectivity index (χ2v) is 6.93. The Morgan fingerprint density at radius 3 is 3.00 bits per heavy atom. The van der Waals surface area contributed by atoms with Crippen LogP contribution in [0.15, 0.2) is 22.7 Å². The Morgan fingerprint density at radius 1 is 1.55 bits per heavy atom. The van der Waals surface area contributed by atoms with Gasteiger partial charge in [0.2, 0.25) is 0 Å². The van der Waals surface area contributed by atoms with E-state index in [9.17, 15) is 4.79 Å². The fourth-order valence-electron chi connectivity index (χ4n) is 2.40. The normalized spacial score (nSPS) is 18.2. The summed E-state index contributed by atoms with van der Waals surface area (Å²) in [5.74, 6) is 2.29. The minimum atomic E-state index is 0.119. The SMILES string of the molecule is COCCN(C(=O)c1cccc(Br)c1C)C1CCSC1. The summed E-state index contributed by atoms with van der Waals surface area (Å²) in [6.45, 7) is 3.22. The molecule has 1 aliphatic heterocycles. The molecule has 5 heteroatoms. The van der Waals surface area contributed by atoms with Gasteiger partial charge in [-0.05, 0) is 36.8 Å². The Bertz CT molecular complexity index is 475. The summed E-state index contributed by atoms with van der Waals surface area (Å²) in [6.07, 6.45) is 1.08. The van der Waals surface area contributed by atoms with Gasteiger partial charge in [0.1, 0.15) is 0 Å². The van der Waals surface area contributed by atoms with Crippen LogP contribution < -0.4 is 0 Å². The molecule has 3 nitrogen and oxygen atoms in total. The molecule has 110 valence electrons. The molecule has 0 bridgehead atoms. The Balaban J connectivity index is 2.22. The third-order valence-corrected chi connectivity index (χ3v) is 5.65. The van der Waals surface area contributed by atoms with Crippen LogP contribution in [0.2, 0.25) is 0 Å². The lowest BCUT2D eigenvalue weighted by Gasteiger charge is -2.29. The van der Waals surface area contributed by atoms with Crippen molar-refractivity contribution in [3.05, 3.63) is 33.8 Å². The predicted molar refractivity (Wildman–Crippen MR) is 87.5 cm³/mol. The molecule has 1 aromatic rings. The van der Waals surface area contributed by atoms with E-state index in [1.165, 1.54) is 0 Å². The van der Waals surface area contributed by atoms with Crippen molar-refractivity contribution < 1.29 is 9.53 Å². The van der Waals surface area contributed by atoms with Crippen molar-refractivity contribution in [1.29, 1.82) is 0 Å². The van der Waals surface area contributed by atoms with Gasteiger partial charge in [-0.15, -0.1) is 0 Å². The molecule has 2 rings (SSSR count). The molecule has 0 N–H and O–H groups in total.